The Hall–Kier alpha value is -2.71. The Morgan fingerprint density at radius 2 is 1.74 bits per heavy atom. The molecule has 3 rings (SSSR count). The van der Waals surface area contributed by atoms with Gasteiger partial charge in [-0.05, 0) is 35.2 Å². The highest BCUT2D eigenvalue weighted by Crippen LogP contribution is 2.30. The van der Waals surface area contributed by atoms with Crippen LogP contribution in [0.25, 0.3) is 11.1 Å². The Morgan fingerprint density at radius 3 is 2.30 bits per heavy atom. The molecule has 1 atom stereocenters. The number of nitrogens with zero attached hydrogens (tertiary/aromatic N) is 1. The molecule has 7 nitrogen and oxygen atoms in total. The van der Waals surface area contributed by atoms with Gasteiger partial charge in [0.2, 0.25) is 15.9 Å². The van der Waals surface area contributed by atoms with E-state index in [1.54, 1.807) is 12.1 Å². The number of sulfonamides is 1. The Balaban J connectivity index is 1.65. The maximum atomic E-state index is 11.5. The van der Waals surface area contributed by atoms with Crippen LogP contribution in [0.15, 0.2) is 58.6 Å². The zero-order chi connectivity index (χ0) is 19.4. The number of hydrogen-bond acceptors (Lipinski definition) is 6. The first-order valence-electron chi connectivity index (χ1n) is 8.53. The number of carbonyl (C=O) groups is 1. The van der Waals surface area contributed by atoms with Gasteiger partial charge < -0.3 is 9.57 Å². The van der Waals surface area contributed by atoms with E-state index in [2.05, 4.69) is 5.16 Å². The van der Waals surface area contributed by atoms with Crippen LogP contribution in [0.1, 0.15) is 37.9 Å². The van der Waals surface area contributed by atoms with Gasteiger partial charge in [-0.3, -0.25) is 4.79 Å². The van der Waals surface area contributed by atoms with Crippen LogP contribution < -0.4 is 5.14 Å². The summed E-state index contributed by atoms with van der Waals surface area (Å²) in [5, 5.41) is 8.94. The summed E-state index contributed by atoms with van der Waals surface area (Å²) in [4.78, 5) is 17.0. The third-order valence-electron chi connectivity index (χ3n) is 4.13. The van der Waals surface area contributed by atoms with Gasteiger partial charge in [0.05, 0.1) is 11.3 Å². The molecule has 0 saturated heterocycles. The van der Waals surface area contributed by atoms with Gasteiger partial charge in [-0.2, -0.15) is 0 Å². The molecule has 27 heavy (non-hydrogen) atoms. The summed E-state index contributed by atoms with van der Waals surface area (Å²) in [5.74, 6) is -0.0140. The minimum Gasteiger partial charge on any atom is -0.408 e. The van der Waals surface area contributed by atoms with Gasteiger partial charge in [-0.15, -0.1) is 0 Å². The lowest BCUT2D eigenvalue weighted by atomic mass is 10.0. The smallest absolute Gasteiger partial charge is 0.312 e. The second kappa shape index (κ2) is 7.89. The minimum absolute atomic E-state index is 0.0736. The van der Waals surface area contributed by atoms with Crippen molar-refractivity contribution in [3.05, 3.63) is 54.1 Å². The molecule has 0 radical (unpaired) electrons. The Kier molecular flexibility index (Phi) is 5.57. The molecule has 2 aromatic rings. The van der Waals surface area contributed by atoms with Crippen LogP contribution in [-0.2, 0) is 24.4 Å². The molecule has 0 spiro atoms. The molecule has 0 aliphatic carbocycles. The molecule has 1 unspecified atom stereocenters. The van der Waals surface area contributed by atoms with E-state index >= 15 is 0 Å². The first-order chi connectivity index (χ1) is 12.9. The number of rotatable bonds is 5. The molecular formula is C19H20N2O5S. The maximum absolute atomic E-state index is 11.5. The Bertz CT molecular complexity index is 951. The van der Waals surface area contributed by atoms with Crippen LogP contribution in [-0.4, -0.2) is 20.3 Å². The number of ether oxygens (including phenoxy) is 1. The van der Waals surface area contributed by atoms with E-state index in [4.69, 9.17) is 14.7 Å². The van der Waals surface area contributed by atoms with Crippen LogP contribution in [0.5, 0.6) is 0 Å². The van der Waals surface area contributed by atoms with Crippen LogP contribution in [0, 0.1) is 0 Å². The predicted octanol–water partition coefficient (Wildman–Crippen LogP) is 3.12. The second-order valence-electron chi connectivity index (χ2n) is 6.20. The normalized spacial score (nSPS) is 16.5. The lowest BCUT2D eigenvalue weighted by molar-refractivity contribution is -0.135. The van der Waals surface area contributed by atoms with Gasteiger partial charge in [0.15, 0.2) is 6.10 Å². The molecule has 2 aromatic carbocycles. The quantitative estimate of drug-likeness (QED) is 0.792. The van der Waals surface area contributed by atoms with Crippen LogP contribution in [0.3, 0.4) is 0 Å². The monoisotopic (exact) mass is 388 g/mol. The van der Waals surface area contributed by atoms with E-state index in [0.29, 0.717) is 18.7 Å². The summed E-state index contributed by atoms with van der Waals surface area (Å²) in [6, 6.07) is 14.0. The second-order valence-corrected chi connectivity index (χ2v) is 7.76. The van der Waals surface area contributed by atoms with Crippen LogP contribution in [0.4, 0.5) is 0 Å². The molecule has 1 aliphatic rings. The molecule has 1 heterocycles. The van der Waals surface area contributed by atoms with Crippen molar-refractivity contribution in [2.75, 3.05) is 0 Å². The molecule has 2 N–H and O–H groups in total. The fraction of sp³-hybridized carbons (Fsp3) is 0.263. The average molecular weight is 388 g/mol. The Labute approximate surface area is 157 Å². The molecule has 0 bridgehead atoms. The van der Waals surface area contributed by atoms with E-state index in [1.807, 2.05) is 31.2 Å². The van der Waals surface area contributed by atoms with Gasteiger partial charge >= 0.3 is 5.97 Å². The van der Waals surface area contributed by atoms with Crippen molar-refractivity contribution >= 4 is 21.9 Å². The van der Waals surface area contributed by atoms with E-state index in [1.165, 1.54) is 12.1 Å². The van der Waals surface area contributed by atoms with E-state index in [-0.39, 0.29) is 17.0 Å². The van der Waals surface area contributed by atoms with Gasteiger partial charge in [0.1, 0.15) is 0 Å². The van der Waals surface area contributed by atoms with Gasteiger partial charge in [0, 0.05) is 6.42 Å². The summed E-state index contributed by atoms with van der Waals surface area (Å²) in [6.07, 6.45) is 1.17. The maximum Gasteiger partial charge on any atom is 0.312 e. The number of benzene rings is 2. The number of carbonyl (C=O) groups excluding carboxylic acids is 1. The topological polar surface area (TPSA) is 108 Å². The van der Waals surface area contributed by atoms with Gasteiger partial charge in [-0.1, -0.05) is 48.5 Å². The van der Waals surface area contributed by atoms with Crippen LogP contribution in [0.2, 0.25) is 0 Å². The average Bonchev–Trinajstić information content (AvgIpc) is 3.10. The summed E-state index contributed by atoms with van der Waals surface area (Å²) in [7, 11) is -3.70. The van der Waals surface area contributed by atoms with Crippen molar-refractivity contribution < 1.29 is 22.8 Å². The van der Waals surface area contributed by atoms with Crippen LogP contribution >= 0.6 is 0 Å². The Morgan fingerprint density at radius 1 is 1.15 bits per heavy atom. The van der Waals surface area contributed by atoms with Gasteiger partial charge in [-0.25, -0.2) is 13.6 Å². The third kappa shape index (κ3) is 4.72. The lowest BCUT2D eigenvalue weighted by Gasteiger charge is -2.09. The fourth-order valence-electron chi connectivity index (χ4n) is 2.71. The highest BCUT2D eigenvalue weighted by Gasteiger charge is 2.25. The SMILES string of the molecule is CCCC(=O)OC1=NOC(c2ccc(-c3ccc(S(N)(=O)=O)cc3)cc2)C1. The van der Waals surface area contributed by atoms with Crippen molar-refractivity contribution in [2.24, 2.45) is 10.3 Å². The zero-order valence-electron chi connectivity index (χ0n) is 14.8. The molecular weight excluding hydrogens is 368 g/mol. The standard InChI is InChI=1S/C19H20N2O5S/c1-2-3-19(22)25-18-12-17(26-21-18)15-6-4-13(5-7-15)14-8-10-16(11-9-14)27(20,23)24/h4-11,17H,2-3,12H2,1H3,(H2,20,23,24). The molecule has 1 aliphatic heterocycles. The summed E-state index contributed by atoms with van der Waals surface area (Å²) < 4.78 is 27.8. The van der Waals surface area contributed by atoms with Crippen molar-refractivity contribution in [2.45, 2.75) is 37.2 Å². The molecule has 142 valence electrons. The molecule has 0 amide bonds. The minimum atomic E-state index is -3.70. The predicted molar refractivity (Wildman–Crippen MR) is 100 cm³/mol. The van der Waals surface area contributed by atoms with E-state index in [9.17, 15) is 13.2 Å². The summed E-state index contributed by atoms with van der Waals surface area (Å²) >= 11 is 0. The first kappa shape index (κ1) is 19.1. The third-order valence-corrected chi connectivity index (χ3v) is 5.06. The molecule has 0 aromatic heterocycles. The number of hydrogen-bond donors (Lipinski definition) is 1. The fourth-order valence-corrected chi connectivity index (χ4v) is 3.22. The van der Waals surface area contributed by atoms with Crippen molar-refractivity contribution in [1.82, 2.24) is 0 Å². The van der Waals surface area contributed by atoms with Gasteiger partial charge in [0.25, 0.3) is 0 Å². The summed E-state index contributed by atoms with van der Waals surface area (Å²) in [5.41, 5.74) is 2.70. The number of nitrogens with two attached hydrogens (primary N) is 1. The highest BCUT2D eigenvalue weighted by molar-refractivity contribution is 7.89. The summed E-state index contributed by atoms with van der Waals surface area (Å²) in [6.45, 7) is 1.90. The van der Waals surface area contributed by atoms with Crippen molar-refractivity contribution in [3.63, 3.8) is 0 Å². The molecule has 8 heteroatoms. The molecule has 0 fully saturated rings. The lowest BCUT2D eigenvalue weighted by Crippen LogP contribution is -2.11. The van der Waals surface area contributed by atoms with Crippen molar-refractivity contribution in [1.29, 1.82) is 0 Å². The van der Waals surface area contributed by atoms with E-state index < -0.39 is 10.0 Å². The highest BCUT2D eigenvalue weighted by atomic mass is 32.2. The van der Waals surface area contributed by atoms with Crippen molar-refractivity contribution in [3.8, 4) is 11.1 Å². The zero-order valence-corrected chi connectivity index (χ0v) is 15.6. The molecule has 0 saturated carbocycles. The first-order valence-corrected chi connectivity index (χ1v) is 10.1. The number of primary sulfonamides is 1. The number of oxime groups is 1. The number of esters is 1. The van der Waals surface area contributed by atoms with E-state index in [0.717, 1.165) is 23.1 Å². The largest absolute Gasteiger partial charge is 0.408 e.